The quantitative estimate of drug-likeness (QED) is 0.902. The van der Waals surface area contributed by atoms with E-state index in [-0.39, 0.29) is 12.5 Å². The molecule has 0 aliphatic carbocycles. The maximum absolute atomic E-state index is 12.9. The van der Waals surface area contributed by atoms with E-state index in [0.29, 0.717) is 33.7 Å². The van der Waals surface area contributed by atoms with Crippen LogP contribution in [0.25, 0.3) is 10.9 Å². The lowest BCUT2D eigenvalue weighted by atomic mass is 10.1. The standard InChI is InChI=1S/C17H15FN4O2S/c18-6-11-1-2-15-14(5-11)13(3-4-20-15)17(24)21-8-16(23)22-10-25-9-12(22)7-19/h1-5,12H,6,8-10H2,(H,21,24). The Morgan fingerprint density at radius 3 is 3.04 bits per heavy atom. The van der Waals surface area contributed by atoms with Crippen LogP contribution >= 0.6 is 11.8 Å². The Bertz CT molecular complexity index is 867. The molecule has 1 saturated heterocycles. The van der Waals surface area contributed by atoms with Gasteiger partial charge in [-0.15, -0.1) is 11.8 Å². The largest absolute Gasteiger partial charge is 0.343 e. The fourth-order valence-corrected chi connectivity index (χ4v) is 3.73. The van der Waals surface area contributed by atoms with Gasteiger partial charge < -0.3 is 10.2 Å². The predicted molar refractivity (Wildman–Crippen MR) is 92.5 cm³/mol. The highest BCUT2D eigenvalue weighted by atomic mass is 32.2. The van der Waals surface area contributed by atoms with Gasteiger partial charge in [0.25, 0.3) is 5.91 Å². The second-order valence-corrected chi connectivity index (χ2v) is 6.53. The summed E-state index contributed by atoms with van der Waals surface area (Å²) in [4.78, 5) is 30.3. The molecular formula is C17H15FN4O2S. The minimum absolute atomic E-state index is 0.190. The Morgan fingerprint density at radius 2 is 2.28 bits per heavy atom. The summed E-state index contributed by atoms with van der Waals surface area (Å²) in [5, 5.41) is 12.1. The molecule has 1 aromatic heterocycles. The third kappa shape index (κ3) is 3.56. The first-order valence-corrected chi connectivity index (χ1v) is 8.78. The Hall–Kier alpha value is -2.66. The van der Waals surface area contributed by atoms with Gasteiger partial charge >= 0.3 is 0 Å². The Kier molecular flexibility index (Phi) is 5.14. The minimum Gasteiger partial charge on any atom is -0.343 e. The molecule has 6 nitrogen and oxygen atoms in total. The maximum Gasteiger partial charge on any atom is 0.252 e. The molecule has 1 fully saturated rings. The van der Waals surface area contributed by atoms with Crippen LogP contribution in [-0.4, -0.2) is 45.9 Å². The van der Waals surface area contributed by atoms with Gasteiger partial charge in [0.1, 0.15) is 12.7 Å². The molecular weight excluding hydrogens is 343 g/mol. The minimum atomic E-state index is -0.632. The van der Waals surface area contributed by atoms with Crippen LogP contribution in [0.2, 0.25) is 0 Å². The number of benzene rings is 1. The van der Waals surface area contributed by atoms with Crippen LogP contribution in [0.4, 0.5) is 4.39 Å². The summed E-state index contributed by atoms with van der Waals surface area (Å²) in [7, 11) is 0. The molecule has 3 rings (SSSR count). The van der Waals surface area contributed by atoms with Gasteiger partial charge in [0.05, 0.1) is 29.6 Å². The number of hydrogen-bond donors (Lipinski definition) is 1. The lowest BCUT2D eigenvalue weighted by molar-refractivity contribution is -0.129. The van der Waals surface area contributed by atoms with Crippen molar-refractivity contribution in [2.24, 2.45) is 0 Å². The lowest BCUT2D eigenvalue weighted by Crippen LogP contribution is -2.42. The van der Waals surface area contributed by atoms with E-state index in [2.05, 4.69) is 16.4 Å². The number of hydrogen-bond acceptors (Lipinski definition) is 5. The Morgan fingerprint density at radius 1 is 1.44 bits per heavy atom. The van der Waals surface area contributed by atoms with Gasteiger partial charge in [-0.3, -0.25) is 14.6 Å². The number of thioether (sulfide) groups is 1. The summed E-state index contributed by atoms with van der Waals surface area (Å²) < 4.78 is 12.9. The number of halogens is 1. The summed E-state index contributed by atoms with van der Waals surface area (Å²) in [5.74, 6) is 0.298. The molecule has 1 aliphatic rings. The number of amides is 2. The molecule has 2 amide bonds. The molecule has 1 aliphatic heterocycles. The Labute approximate surface area is 148 Å². The molecule has 25 heavy (non-hydrogen) atoms. The molecule has 1 aromatic carbocycles. The number of aromatic nitrogens is 1. The van der Waals surface area contributed by atoms with Crippen molar-refractivity contribution in [3.05, 3.63) is 41.6 Å². The van der Waals surface area contributed by atoms with Crippen molar-refractivity contribution >= 4 is 34.5 Å². The van der Waals surface area contributed by atoms with Crippen LogP contribution in [0.3, 0.4) is 0 Å². The van der Waals surface area contributed by atoms with E-state index in [1.165, 1.54) is 28.9 Å². The highest BCUT2D eigenvalue weighted by Gasteiger charge is 2.29. The Balaban J connectivity index is 1.74. The molecule has 0 radical (unpaired) electrons. The van der Waals surface area contributed by atoms with E-state index >= 15 is 0 Å². The smallest absolute Gasteiger partial charge is 0.252 e. The third-order valence-electron chi connectivity index (χ3n) is 3.96. The number of nitrogens with zero attached hydrogens (tertiary/aromatic N) is 3. The molecule has 0 spiro atoms. The van der Waals surface area contributed by atoms with Gasteiger partial charge in [-0.05, 0) is 23.8 Å². The first-order chi connectivity index (χ1) is 12.1. The summed E-state index contributed by atoms with van der Waals surface area (Å²) in [6, 6.07) is 8.02. The first kappa shape index (κ1) is 17.2. The van der Waals surface area contributed by atoms with Crippen molar-refractivity contribution in [2.45, 2.75) is 12.7 Å². The molecule has 1 N–H and O–H groups in total. The summed E-state index contributed by atoms with van der Waals surface area (Å²) in [6.07, 6.45) is 1.50. The van der Waals surface area contributed by atoms with Crippen molar-refractivity contribution in [1.82, 2.24) is 15.2 Å². The van der Waals surface area contributed by atoms with Crippen molar-refractivity contribution in [3.8, 4) is 6.07 Å². The number of carbonyl (C=O) groups is 2. The van der Waals surface area contributed by atoms with Gasteiger partial charge in [-0.2, -0.15) is 5.26 Å². The fourth-order valence-electron chi connectivity index (χ4n) is 2.62. The summed E-state index contributed by atoms with van der Waals surface area (Å²) in [5.41, 5.74) is 1.37. The van der Waals surface area contributed by atoms with Crippen LogP contribution in [0.15, 0.2) is 30.5 Å². The normalized spacial score (nSPS) is 16.6. The van der Waals surface area contributed by atoms with Gasteiger partial charge in [0.2, 0.25) is 5.91 Å². The van der Waals surface area contributed by atoms with E-state index in [4.69, 9.17) is 5.26 Å². The van der Waals surface area contributed by atoms with Gasteiger partial charge in [-0.25, -0.2) is 4.39 Å². The summed E-state index contributed by atoms with van der Waals surface area (Å²) in [6.45, 7) is -0.823. The fraction of sp³-hybridized carbons (Fsp3) is 0.294. The van der Waals surface area contributed by atoms with Gasteiger partial charge in [0, 0.05) is 17.3 Å². The number of nitriles is 1. The van der Waals surface area contributed by atoms with Crippen LogP contribution < -0.4 is 5.32 Å². The number of alkyl halides is 1. The monoisotopic (exact) mass is 358 g/mol. The molecule has 1 unspecified atom stereocenters. The zero-order valence-electron chi connectivity index (χ0n) is 13.2. The van der Waals surface area contributed by atoms with Crippen molar-refractivity contribution in [3.63, 3.8) is 0 Å². The van der Waals surface area contributed by atoms with E-state index in [1.54, 1.807) is 18.2 Å². The predicted octanol–water partition coefficient (Wildman–Crippen LogP) is 1.86. The lowest BCUT2D eigenvalue weighted by Gasteiger charge is -2.18. The highest BCUT2D eigenvalue weighted by molar-refractivity contribution is 7.99. The number of nitrogens with one attached hydrogen (secondary N) is 1. The maximum atomic E-state index is 12.9. The van der Waals surface area contributed by atoms with Crippen LogP contribution in [0, 0.1) is 11.3 Å². The van der Waals surface area contributed by atoms with E-state index < -0.39 is 18.6 Å². The third-order valence-corrected chi connectivity index (χ3v) is 4.97. The van der Waals surface area contributed by atoms with Crippen LogP contribution in [0.1, 0.15) is 15.9 Å². The number of carbonyl (C=O) groups excluding carboxylic acids is 2. The number of rotatable bonds is 4. The number of fused-ring (bicyclic) bond motifs is 1. The molecule has 128 valence electrons. The molecule has 8 heteroatoms. The first-order valence-electron chi connectivity index (χ1n) is 7.62. The number of pyridine rings is 1. The zero-order chi connectivity index (χ0) is 17.8. The van der Waals surface area contributed by atoms with Crippen molar-refractivity contribution in [2.75, 3.05) is 18.2 Å². The second kappa shape index (κ2) is 7.49. The van der Waals surface area contributed by atoms with Crippen molar-refractivity contribution < 1.29 is 14.0 Å². The average Bonchev–Trinajstić information content (AvgIpc) is 3.13. The molecule has 1 atom stereocenters. The molecule has 2 aromatic rings. The second-order valence-electron chi connectivity index (χ2n) is 5.53. The highest BCUT2D eigenvalue weighted by Crippen LogP contribution is 2.21. The molecule has 2 heterocycles. The SMILES string of the molecule is N#CC1CSCN1C(=O)CNC(=O)c1ccnc2ccc(CF)cc12. The molecule has 0 bridgehead atoms. The van der Waals surface area contributed by atoms with Crippen LogP contribution in [-0.2, 0) is 11.5 Å². The van der Waals surface area contributed by atoms with Crippen molar-refractivity contribution in [1.29, 1.82) is 5.26 Å². The topological polar surface area (TPSA) is 86.1 Å². The molecule has 0 saturated carbocycles. The van der Waals surface area contributed by atoms with E-state index in [0.717, 1.165) is 0 Å². The van der Waals surface area contributed by atoms with E-state index in [9.17, 15) is 14.0 Å². The van der Waals surface area contributed by atoms with Gasteiger partial charge in [-0.1, -0.05) is 6.07 Å². The van der Waals surface area contributed by atoms with Gasteiger partial charge in [0.15, 0.2) is 0 Å². The van der Waals surface area contributed by atoms with E-state index in [1.807, 2.05) is 0 Å². The average molecular weight is 358 g/mol. The zero-order valence-corrected chi connectivity index (χ0v) is 14.1. The summed E-state index contributed by atoms with van der Waals surface area (Å²) >= 11 is 1.51. The van der Waals surface area contributed by atoms with Crippen LogP contribution in [0.5, 0.6) is 0 Å².